The Balaban J connectivity index is 2.03. The van der Waals surface area contributed by atoms with E-state index < -0.39 is 0 Å². The summed E-state index contributed by atoms with van der Waals surface area (Å²) in [6.45, 7) is 4.88. The highest BCUT2D eigenvalue weighted by Gasteiger charge is 2.09. The molecule has 1 aromatic carbocycles. The van der Waals surface area contributed by atoms with Gasteiger partial charge in [-0.05, 0) is 37.1 Å². The standard InChI is InChI=1S/C16H20Br2N2O/c1-3-15(4-2)20-8-7-14(19-20)11-21-16-6-5-13(18)9-12(16)10-17/h5-9,15H,3-4,10-11H2,1-2H3. The monoisotopic (exact) mass is 414 g/mol. The highest BCUT2D eigenvalue weighted by molar-refractivity contribution is 9.10. The van der Waals surface area contributed by atoms with E-state index in [2.05, 4.69) is 56.9 Å². The highest BCUT2D eigenvalue weighted by Crippen LogP contribution is 2.26. The number of alkyl halides is 1. The number of halogens is 2. The SMILES string of the molecule is CCC(CC)n1ccc(COc2ccc(Br)cc2CBr)n1. The maximum Gasteiger partial charge on any atom is 0.132 e. The molecule has 0 amide bonds. The van der Waals surface area contributed by atoms with Crippen molar-refractivity contribution in [3.8, 4) is 5.75 Å². The zero-order chi connectivity index (χ0) is 15.2. The second kappa shape index (κ2) is 7.99. The molecule has 0 aliphatic heterocycles. The third-order valence-electron chi connectivity index (χ3n) is 3.52. The Bertz CT molecular complexity index is 579. The minimum absolute atomic E-state index is 0.476. The zero-order valence-corrected chi connectivity index (χ0v) is 15.5. The first kappa shape index (κ1) is 16.6. The van der Waals surface area contributed by atoms with Crippen LogP contribution in [0.2, 0.25) is 0 Å². The van der Waals surface area contributed by atoms with Crippen molar-refractivity contribution in [3.63, 3.8) is 0 Å². The number of benzene rings is 1. The van der Waals surface area contributed by atoms with Crippen LogP contribution in [0.4, 0.5) is 0 Å². The van der Waals surface area contributed by atoms with E-state index in [0.717, 1.165) is 39.7 Å². The van der Waals surface area contributed by atoms with Gasteiger partial charge in [0, 0.05) is 21.6 Å². The Kier molecular flexibility index (Phi) is 6.30. The van der Waals surface area contributed by atoms with Crippen LogP contribution in [0.5, 0.6) is 5.75 Å². The van der Waals surface area contributed by atoms with Crippen LogP contribution in [-0.4, -0.2) is 9.78 Å². The molecule has 21 heavy (non-hydrogen) atoms. The van der Waals surface area contributed by atoms with Crippen molar-refractivity contribution in [2.75, 3.05) is 0 Å². The van der Waals surface area contributed by atoms with Crippen LogP contribution in [0.25, 0.3) is 0 Å². The van der Waals surface area contributed by atoms with Gasteiger partial charge in [0.1, 0.15) is 12.4 Å². The molecule has 1 heterocycles. The maximum absolute atomic E-state index is 5.90. The first-order valence-corrected chi connectivity index (χ1v) is 9.10. The van der Waals surface area contributed by atoms with Crippen molar-refractivity contribution in [1.82, 2.24) is 9.78 Å². The topological polar surface area (TPSA) is 27.1 Å². The lowest BCUT2D eigenvalue weighted by molar-refractivity contribution is 0.295. The molecule has 2 rings (SSSR count). The number of hydrogen-bond donors (Lipinski definition) is 0. The van der Waals surface area contributed by atoms with Crippen LogP contribution in [-0.2, 0) is 11.9 Å². The van der Waals surface area contributed by atoms with Crippen LogP contribution in [0.1, 0.15) is 44.0 Å². The molecule has 0 radical (unpaired) electrons. The Labute approximate surface area is 142 Å². The third-order valence-corrected chi connectivity index (χ3v) is 4.62. The van der Waals surface area contributed by atoms with Gasteiger partial charge in [0.25, 0.3) is 0 Å². The second-order valence-electron chi connectivity index (χ2n) is 4.93. The van der Waals surface area contributed by atoms with Crippen molar-refractivity contribution in [2.45, 2.75) is 44.7 Å². The smallest absolute Gasteiger partial charge is 0.132 e. The Hall–Kier alpha value is -0.810. The molecule has 0 saturated heterocycles. The fourth-order valence-corrected chi connectivity index (χ4v) is 3.11. The molecule has 2 aromatic rings. The summed E-state index contributed by atoms with van der Waals surface area (Å²) in [6.07, 6.45) is 4.24. The number of ether oxygens (including phenoxy) is 1. The van der Waals surface area contributed by atoms with Gasteiger partial charge in [0.2, 0.25) is 0 Å². The van der Waals surface area contributed by atoms with Gasteiger partial charge in [-0.3, -0.25) is 4.68 Å². The quantitative estimate of drug-likeness (QED) is 0.559. The molecule has 114 valence electrons. The lowest BCUT2D eigenvalue weighted by atomic mass is 10.2. The molecule has 5 heteroatoms. The van der Waals surface area contributed by atoms with Crippen LogP contribution >= 0.6 is 31.9 Å². The molecule has 0 aliphatic carbocycles. The Morgan fingerprint density at radius 1 is 1.24 bits per heavy atom. The summed E-state index contributed by atoms with van der Waals surface area (Å²) in [5.41, 5.74) is 2.09. The number of aromatic nitrogens is 2. The van der Waals surface area contributed by atoms with Crippen molar-refractivity contribution < 1.29 is 4.74 Å². The maximum atomic E-state index is 5.90. The molecule has 0 spiro atoms. The molecule has 0 saturated carbocycles. The minimum Gasteiger partial charge on any atom is -0.487 e. The van der Waals surface area contributed by atoms with Crippen LogP contribution in [0.15, 0.2) is 34.9 Å². The van der Waals surface area contributed by atoms with Gasteiger partial charge in [0.15, 0.2) is 0 Å². The van der Waals surface area contributed by atoms with Crippen molar-refractivity contribution in [3.05, 3.63) is 46.2 Å². The van der Waals surface area contributed by atoms with Gasteiger partial charge >= 0.3 is 0 Å². The zero-order valence-electron chi connectivity index (χ0n) is 12.4. The van der Waals surface area contributed by atoms with Crippen LogP contribution in [0.3, 0.4) is 0 Å². The van der Waals surface area contributed by atoms with E-state index in [0.29, 0.717) is 12.6 Å². The molecule has 0 fully saturated rings. The van der Waals surface area contributed by atoms with E-state index in [1.54, 1.807) is 0 Å². The molecule has 3 nitrogen and oxygen atoms in total. The van der Waals surface area contributed by atoms with Crippen LogP contribution < -0.4 is 4.74 Å². The summed E-state index contributed by atoms with van der Waals surface area (Å²) in [6, 6.07) is 8.55. The number of rotatable bonds is 7. The molecule has 1 aromatic heterocycles. The van der Waals surface area contributed by atoms with E-state index in [9.17, 15) is 0 Å². The molecule has 0 aliphatic rings. The van der Waals surface area contributed by atoms with Gasteiger partial charge in [-0.1, -0.05) is 45.7 Å². The molecule has 0 atom stereocenters. The normalized spacial score (nSPS) is 11.1. The van der Waals surface area contributed by atoms with E-state index in [4.69, 9.17) is 4.74 Å². The summed E-state index contributed by atoms with van der Waals surface area (Å²) in [4.78, 5) is 0. The largest absolute Gasteiger partial charge is 0.487 e. The molecular weight excluding hydrogens is 396 g/mol. The van der Waals surface area contributed by atoms with Gasteiger partial charge in [-0.15, -0.1) is 0 Å². The predicted octanol–water partition coefficient (Wildman–Crippen LogP) is 5.48. The summed E-state index contributed by atoms with van der Waals surface area (Å²) in [5, 5.41) is 5.38. The van der Waals surface area contributed by atoms with E-state index in [1.807, 2.05) is 29.1 Å². The predicted molar refractivity (Wildman–Crippen MR) is 93.0 cm³/mol. The summed E-state index contributed by atoms with van der Waals surface area (Å²) in [5.74, 6) is 0.896. The third kappa shape index (κ3) is 4.33. The molecular formula is C16H20Br2N2O. The molecule has 0 unspecified atom stereocenters. The van der Waals surface area contributed by atoms with Crippen molar-refractivity contribution >= 4 is 31.9 Å². The Morgan fingerprint density at radius 3 is 2.67 bits per heavy atom. The van der Waals surface area contributed by atoms with E-state index in [1.165, 1.54) is 0 Å². The van der Waals surface area contributed by atoms with E-state index in [-0.39, 0.29) is 0 Å². The number of hydrogen-bond acceptors (Lipinski definition) is 2. The fourth-order valence-electron chi connectivity index (χ4n) is 2.27. The average Bonchev–Trinajstić information content (AvgIpc) is 2.96. The van der Waals surface area contributed by atoms with Gasteiger partial charge in [-0.2, -0.15) is 5.10 Å². The minimum atomic E-state index is 0.476. The molecule has 0 bridgehead atoms. The van der Waals surface area contributed by atoms with Crippen molar-refractivity contribution in [2.24, 2.45) is 0 Å². The van der Waals surface area contributed by atoms with Gasteiger partial charge < -0.3 is 4.74 Å². The van der Waals surface area contributed by atoms with E-state index >= 15 is 0 Å². The molecule has 0 N–H and O–H groups in total. The lowest BCUT2D eigenvalue weighted by Gasteiger charge is -2.12. The fraction of sp³-hybridized carbons (Fsp3) is 0.438. The summed E-state index contributed by atoms with van der Waals surface area (Å²) >= 11 is 6.97. The second-order valence-corrected chi connectivity index (χ2v) is 6.41. The lowest BCUT2D eigenvalue weighted by Crippen LogP contribution is -2.08. The Morgan fingerprint density at radius 2 is 2.00 bits per heavy atom. The van der Waals surface area contributed by atoms with Gasteiger partial charge in [-0.25, -0.2) is 0 Å². The average molecular weight is 416 g/mol. The summed E-state index contributed by atoms with van der Waals surface area (Å²) < 4.78 is 9.01. The van der Waals surface area contributed by atoms with Crippen molar-refractivity contribution in [1.29, 1.82) is 0 Å². The first-order chi connectivity index (χ1) is 10.2. The van der Waals surface area contributed by atoms with Gasteiger partial charge in [0.05, 0.1) is 11.7 Å². The summed E-state index contributed by atoms with van der Waals surface area (Å²) in [7, 11) is 0. The first-order valence-electron chi connectivity index (χ1n) is 7.19. The highest BCUT2D eigenvalue weighted by atomic mass is 79.9. The van der Waals surface area contributed by atoms with Crippen LogP contribution in [0, 0.1) is 0 Å². The number of nitrogens with zero attached hydrogens (tertiary/aromatic N) is 2.